The van der Waals surface area contributed by atoms with Crippen LogP contribution in [0, 0.1) is 31.3 Å². The lowest BCUT2D eigenvalue weighted by Crippen LogP contribution is -2.38. The van der Waals surface area contributed by atoms with Crippen molar-refractivity contribution in [2.75, 3.05) is 23.1 Å². The molecule has 41 heavy (non-hydrogen) atoms. The third-order valence-electron chi connectivity index (χ3n) is 6.94. The van der Waals surface area contributed by atoms with Crippen LogP contribution >= 0.6 is 11.5 Å². The van der Waals surface area contributed by atoms with Gasteiger partial charge in [0.05, 0.1) is 22.6 Å². The molecule has 2 N–H and O–H groups in total. The molecule has 0 saturated carbocycles. The van der Waals surface area contributed by atoms with Crippen molar-refractivity contribution in [2.45, 2.75) is 37.6 Å². The van der Waals surface area contributed by atoms with E-state index in [-0.39, 0.29) is 44.3 Å². The van der Waals surface area contributed by atoms with Crippen LogP contribution in [-0.4, -0.2) is 41.7 Å². The molecule has 13 heteroatoms. The molecule has 214 valence electrons. The fourth-order valence-electron chi connectivity index (χ4n) is 4.83. The number of carbonyl (C=O) groups excluding carboxylic acids is 1. The van der Waals surface area contributed by atoms with Crippen molar-refractivity contribution in [1.29, 1.82) is 0 Å². The Kier molecular flexibility index (Phi) is 8.00. The summed E-state index contributed by atoms with van der Waals surface area (Å²) in [5, 5.41) is 2.73. The number of nitrogens with one attached hydrogen (secondary N) is 2. The first-order valence-electron chi connectivity index (χ1n) is 12.7. The first-order valence-corrected chi connectivity index (χ1v) is 15.0. The Morgan fingerprint density at radius 1 is 1.00 bits per heavy atom. The molecule has 1 saturated heterocycles. The number of rotatable bonds is 7. The molecular formula is C28H26F3N5O3S2. The molecule has 0 aliphatic carbocycles. The molecular weight excluding hydrogens is 575 g/mol. The van der Waals surface area contributed by atoms with Gasteiger partial charge in [-0.25, -0.2) is 18.2 Å². The molecule has 1 amide bonds. The number of hydrogen-bond donors (Lipinski definition) is 2. The van der Waals surface area contributed by atoms with E-state index in [2.05, 4.69) is 19.4 Å². The predicted molar refractivity (Wildman–Crippen MR) is 151 cm³/mol. The average Bonchev–Trinajstić information content (AvgIpc) is 3.34. The molecule has 1 aliphatic heterocycles. The Hall–Kier alpha value is -3.97. The van der Waals surface area contributed by atoms with Gasteiger partial charge >= 0.3 is 0 Å². The Morgan fingerprint density at radius 3 is 2.32 bits per heavy atom. The summed E-state index contributed by atoms with van der Waals surface area (Å²) in [6.07, 6.45) is 2.44. The van der Waals surface area contributed by atoms with Gasteiger partial charge < -0.3 is 10.2 Å². The molecule has 1 fully saturated rings. The number of aromatic nitrogens is 2. The van der Waals surface area contributed by atoms with Gasteiger partial charge in [0, 0.05) is 30.9 Å². The van der Waals surface area contributed by atoms with Gasteiger partial charge in [0.1, 0.15) is 22.5 Å². The van der Waals surface area contributed by atoms with Crippen LogP contribution in [0.3, 0.4) is 0 Å². The summed E-state index contributed by atoms with van der Waals surface area (Å²) in [6.45, 7) is 3.98. The van der Waals surface area contributed by atoms with Gasteiger partial charge in [0.2, 0.25) is 0 Å². The summed E-state index contributed by atoms with van der Waals surface area (Å²) in [6, 6.07) is 10.8. The van der Waals surface area contributed by atoms with E-state index < -0.39 is 27.6 Å². The van der Waals surface area contributed by atoms with Gasteiger partial charge in [-0.15, -0.1) is 0 Å². The number of aryl methyl sites for hydroxylation is 1. The first kappa shape index (κ1) is 28.6. The number of sulfonamides is 1. The highest BCUT2D eigenvalue weighted by Crippen LogP contribution is 2.34. The Balaban J connectivity index is 1.47. The summed E-state index contributed by atoms with van der Waals surface area (Å²) in [5.74, 6) is -2.28. The van der Waals surface area contributed by atoms with Crippen molar-refractivity contribution in [1.82, 2.24) is 14.3 Å². The molecule has 0 spiro atoms. The minimum Gasteiger partial charge on any atom is -0.352 e. The Morgan fingerprint density at radius 2 is 1.68 bits per heavy atom. The number of anilines is 3. The summed E-state index contributed by atoms with van der Waals surface area (Å²) in [7, 11) is -4.21. The molecule has 0 bridgehead atoms. The quantitative estimate of drug-likeness (QED) is 0.264. The molecule has 3 heterocycles. The van der Waals surface area contributed by atoms with Crippen LogP contribution in [0.4, 0.5) is 29.5 Å². The molecule has 0 atom stereocenters. The molecule has 2 aromatic heterocycles. The Bertz CT molecular complexity index is 1700. The highest BCUT2D eigenvalue weighted by molar-refractivity contribution is 7.92. The van der Waals surface area contributed by atoms with Crippen molar-refractivity contribution in [3.8, 4) is 0 Å². The number of carbonyl (C=O) groups is 1. The first-order chi connectivity index (χ1) is 19.5. The van der Waals surface area contributed by atoms with Crippen LogP contribution in [0.1, 0.15) is 45.9 Å². The smallest absolute Gasteiger partial charge is 0.280 e. The number of piperidine rings is 1. The van der Waals surface area contributed by atoms with Gasteiger partial charge in [-0.1, -0.05) is 12.1 Å². The molecule has 0 unspecified atom stereocenters. The van der Waals surface area contributed by atoms with Crippen molar-refractivity contribution >= 4 is 43.8 Å². The fraction of sp³-hybridized carbons (Fsp3) is 0.250. The molecule has 1 aliphatic rings. The summed E-state index contributed by atoms with van der Waals surface area (Å²) < 4.78 is 74.6. The number of halogens is 3. The number of nitrogens with zero attached hydrogens (tertiary/aromatic N) is 3. The van der Waals surface area contributed by atoms with Crippen LogP contribution < -0.4 is 10.0 Å². The number of benzene rings is 2. The third-order valence-corrected chi connectivity index (χ3v) is 9.27. The second-order valence-electron chi connectivity index (χ2n) is 9.78. The van der Waals surface area contributed by atoms with Crippen molar-refractivity contribution in [3.63, 3.8) is 0 Å². The maximum Gasteiger partial charge on any atom is 0.280 e. The predicted octanol–water partition coefficient (Wildman–Crippen LogP) is 6.14. The van der Waals surface area contributed by atoms with Crippen molar-refractivity contribution < 1.29 is 26.4 Å². The van der Waals surface area contributed by atoms with E-state index in [9.17, 15) is 26.4 Å². The van der Waals surface area contributed by atoms with Gasteiger partial charge in [0.25, 0.3) is 15.9 Å². The average molecular weight is 602 g/mol. The number of amides is 1. The molecule has 5 rings (SSSR count). The normalized spacial score (nSPS) is 14.2. The zero-order valence-corrected chi connectivity index (χ0v) is 23.8. The zero-order chi connectivity index (χ0) is 29.3. The largest absolute Gasteiger partial charge is 0.352 e. The van der Waals surface area contributed by atoms with Crippen LogP contribution in [0.25, 0.3) is 0 Å². The summed E-state index contributed by atoms with van der Waals surface area (Å²) in [4.78, 5) is 19.5. The number of hydrogen-bond acceptors (Lipinski definition) is 7. The maximum atomic E-state index is 14.6. The second-order valence-corrected chi connectivity index (χ2v) is 12.2. The topological polar surface area (TPSA) is 104 Å². The lowest BCUT2D eigenvalue weighted by molar-refractivity contribution is 0.0713. The summed E-state index contributed by atoms with van der Waals surface area (Å²) in [5.41, 5.74) is 1.64. The van der Waals surface area contributed by atoms with Crippen molar-refractivity contribution in [2.24, 2.45) is 0 Å². The molecule has 8 nitrogen and oxygen atoms in total. The van der Waals surface area contributed by atoms with Gasteiger partial charge in [0.15, 0.2) is 5.03 Å². The highest BCUT2D eigenvalue weighted by Gasteiger charge is 2.30. The van der Waals surface area contributed by atoms with Crippen LogP contribution in [0.2, 0.25) is 0 Å². The monoisotopic (exact) mass is 601 g/mol. The minimum atomic E-state index is -4.21. The van der Waals surface area contributed by atoms with Crippen LogP contribution in [0.15, 0.2) is 59.8 Å². The lowest BCUT2D eigenvalue weighted by atomic mass is 9.89. The van der Waals surface area contributed by atoms with Gasteiger partial charge in [-0.3, -0.25) is 9.52 Å². The van der Waals surface area contributed by atoms with E-state index in [1.54, 1.807) is 30.0 Å². The fourth-order valence-corrected chi connectivity index (χ4v) is 6.94. The zero-order valence-electron chi connectivity index (χ0n) is 22.1. The maximum absolute atomic E-state index is 14.6. The van der Waals surface area contributed by atoms with E-state index in [0.29, 0.717) is 37.7 Å². The summed E-state index contributed by atoms with van der Waals surface area (Å²) >= 11 is 0.965. The second kappa shape index (κ2) is 11.5. The Labute approximate surface area is 239 Å². The highest BCUT2D eigenvalue weighted by atomic mass is 32.2. The van der Waals surface area contributed by atoms with Crippen LogP contribution in [-0.2, 0) is 10.0 Å². The third kappa shape index (κ3) is 6.20. The minimum absolute atomic E-state index is 0.0389. The standard InChI is InChI=1S/C28H26F3N5O3S2/c1-16-13-25(40-34-16)35-41(38,39)27-17(2)26(33-24-8-7-21(30)14-23(24)31)22(15-32-27)28(37)36-11-9-19(10-12-36)18-3-5-20(29)6-4-18/h3-8,13-15,19,35H,9-12H2,1-2H3,(H,32,33). The SMILES string of the molecule is Cc1cc(NS(=O)(=O)c2ncc(C(=O)N3CCC(c4ccc(F)cc4)CC3)c(Nc3ccc(F)cc3F)c2C)sn1. The van der Waals surface area contributed by atoms with Gasteiger partial charge in [-0.2, -0.15) is 12.8 Å². The van der Waals surface area contributed by atoms with Gasteiger partial charge in [-0.05, 0) is 80.0 Å². The lowest BCUT2D eigenvalue weighted by Gasteiger charge is -2.33. The number of pyridine rings is 1. The van der Waals surface area contributed by atoms with E-state index in [1.807, 2.05) is 0 Å². The van der Waals surface area contributed by atoms with E-state index in [4.69, 9.17) is 0 Å². The number of likely N-dealkylation sites (tertiary alicyclic amines) is 1. The van der Waals surface area contributed by atoms with E-state index in [0.717, 1.165) is 29.4 Å². The molecule has 0 radical (unpaired) electrons. The molecule has 4 aromatic rings. The van der Waals surface area contributed by atoms with Crippen molar-refractivity contribution in [3.05, 3.63) is 94.6 Å². The molecule has 2 aromatic carbocycles. The van der Waals surface area contributed by atoms with E-state index in [1.165, 1.54) is 25.1 Å². The van der Waals surface area contributed by atoms with Crippen LogP contribution in [0.5, 0.6) is 0 Å². The van der Waals surface area contributed by atoms with E-state index >= 15 is 0 Å².